The molecule has 0 aliphatic carbocycles. The Morgan fingerprint density at radius 3 is 3.00 bits per heavy atom. The first-order valence-corrected chi connectivity index (χ1v) is 9.36. The van der Waals surface area contributed by atoms with E-state index in [2.05, 4.69) is 15.2 Å². The van der Waals surface area contributed by atoms with Gasteiger partial charge in [-0.1, -0.05) is 30.0 Å². The van der Waals surface area contributed by atoms with Crippen molar-refractivity contribution in [1.29, 1.82) is 0 Å². The average molecular weight is 370 g/mol. The van der Waals surface area contributed by atoms with Crippen molar-refractivity contribution in [2.75, 3.05) is 7.11 Å². The summed E-state index contributed by atoms with van der Waals surface area (Å²) in [5.74, 6) is 2.06. The Bertz CT molecular complexity index is 963. The van der Waals surface area contributed by atoms with Crippen LogP contribution in [0.1, 0.15) is 5.69 Å². The van der Waals surface area contributed by atoms with Gasteiger partial charge < -0.3 is 9.15 Å². The number of aromatic nitrogens is 4. The number of oxazole rings is 1. The van der Waals surface area contributed by atoms with Gasteiger partial charge in [0.05, 0.1) is 23.4 Å². The summed E-state index contributed by atoms with van der Waals surface area (Å²) in [7, 11) is 1.65. The number of nitrogens with zero attached hydrogens (tertiary/aromatic N) is 4. The van der Waals surface area contributed by atoms with Gasteiger partial charge in [0.25, 0.3) is 0 Å². The second-order valence-corrected chi connectivity index (χ2v) is 6.96. The SMILES string of the molecule is COc1ccccc1-n1cnnc1SCc1coc(-c2cccs2)n1. The summed E-state index contributed by atoms with van der Waals surface area (Å²) >= 11 is 3.15. The van der Waals surface area contributed by atoms with Crippen LogP contribution in [0.4, 0.5) is 0 Å². The Labute approximate surface area is 152 Å². The molecule has 0 unspecified atom stereocenters. The van der Waals surface area contributed by atoms with E-state index in [0.29, 0.717) is 11.6 Å². The molecular weight excluding hydrogens is 356 g/mol. The molecule has 0 spiro atoms. The first-order valence-electron chi connectivity index (χ1n) is 7.49. The van der Waals surface area contributed by atoms with E-state index in [-0.39, 0.29) is 0 Å². The quantitative estimate of drug-likeness (QED) is 0.472. The normalized spacial score (nSPS) is 10.9. The van der Waals surface area contributed by atoms with Crippen molar-refractivity contribution in [2.45, 2.75) is 10.9 Å². The predicted octanol–water partition coefficient (Wildman–Crippen LogP) is 4.28. The van der Waals surface area contributed by atoms with Crippen LogP contribution in [-0.2, 0) is 5.75 Å². The molecule has 0 fully saturated rings. The van der Waals surface area contributed by atoms with Crippen LogP contribution in [0.25, 0.3) is 16.5 Å². The summed E-state index contributed by atoms with van der Waals surface area (Å²) in [4.78, 5) is 5.55. The van der Waals surface area contributed by atoms with Gasteiger partial charge in [0.1, 0.15) is 18.3 Å². The lowest BCUT2D eigenvalue weighted by atomic mass is 10.3. The molecule has 4 rings (SSSR count). The van der Waals surface area contributed by atoms with E-state index >= 15 is 0 Å². The van der Waals surface area contributed by atoms with Crippen LogP contribution in [0.3, 0.4) is 0 Å². The summed E-state index contributed by atoms with van der Waals surface area (Å²) in [5.41, 5.74) is 1.76. The Morgan fingerprint density at radius 1 is 1.24 bits per heavy atom. The number of hydrogen-bond donors (Lipinski definition) is 0. The number of benzene rings is 1. The fraction of sp³-hybridized carbons (Fsp3) is 0.118. The van der Waals surface area contributed by atoms with Crippen LogP contribution in [0.2, 0.25) is 0 Å². The van der Waals surface area contributed by atoms with Crippen LogP contribution < -0.4 is 4.74 Å². The van der Waals surface area contributed by atoms with Crippen molar-refractivity contribution in [1.82, 2.24) is 19.7 Å². The molecule has 126 valence electrons. The van der Waals surface area contributed by atoms with Crippen LogP contribution >= 0.6 is 23.1 Å². The number of thioether (sulfide) groups is 1. The minimum absolute atomic E-state index is 0.642. The first kappa shape index (κ1) is 15.9. The van der Waals surface area contributed by atoms with Crippen LogP contribution in [0.5, 0.6) is 5.75 Å². The Morgan fingerprint density at radius 2 is 2.16 bits per heavy atom. The third kappa shape index (κ3) is 3.31. The van der Waals surface area contributed by atoms with Gasteiger partial charge in [-0.15, -0.1) is 21.5 Å². The largest absolute Gasteiger partial charge is 0.495 e. The Hall–Kier alpha value is -2.58. The summed E-state index contributed by atoms with van der Waals surface area (Å²) in [6.45, 7) is 0. The van der Waals surface area contributed by atoms with Gasteiger partial charge >= 0.3 is 0 Å². The Balaban J connectivity index is 1.52. The van der Waals surface area contributed by atoms with E-state index in [1.54, 1.807) is 42.8 Å². The monoisotopic (exact) mass is 370 g/mol. The zero-order valence-corrected chi connectivity index (χ0v) is 15.0. The molecule has 3 aromatic heterocycles. The first-order chi connectivity index (χ1) is 12.3. The number of ether oxygens (including phenoxy) is 1. The smallest absolute Gasteiger partial charge is 0.236 e. The van der Waals surface area contributed by atoms with Gasteiger partial charge in [-0.25, -0.2) is 4.98 Å². The highest BCUT2D eigenvalue weighted by molar-refractivity contribution is 7.98. The summed E-state index contributed by atoms with van der Waals surface area (Å²) in [6, 6.07) is 11.7. The van der Waals surface area contributed by atoms with Gasteiger partial charge in [-0.2, -0.15) is 0 Å². The molecular formula is C17H14N4O2S2. The third-order valence-electron chi connectivity index (χ3n) is 3.49. The molecule has 0 aliphatic rings. The van der Waals surface area contributed by atoms with E-state index in [1.807, 2.05) is 46.3 Å². The van der Waals surface area contributed by atoms with Gasteiger partial charge in [-0.3, -0.25) is 4.57 Å². The van der Waals surface area contributed by atoms with E-state index in [1.165, 1.54) is 0 Å². The summed E-state index contributed by atoms with van der Waals surface area (Å²) < 4.78 is 12.9. The van der Waals surface area contributed by atoms with E-state index in [9.17, 15) is 0 Å². The van der Waals surface area contributed by atoms with Crippen molar-refractivity contribution in [3.8, 4) is 22.2 Å². The molecule has 0 atom stereocenters. The predicted molar refractivity (Wildman–Crippen MR) is 97.3 cm³/mol. The zero-order chi connectivity index (χ0) is 17.1. The van der Waals surface area contributed by atoms with Crippen molar-refractivity contribution in [3.05, 3.63) is 60.1 Å². The highest BCUT2D eigenvalue weighted by atomic mass is 32.2. The van der Waals surface area contributed by atoms with Crippen molar-refractivity contribution in [2.24, 2.45) is 0 Å². The molecule has 0 N–H and O–H groups in total. The molecule has 8 heteroatoms. The summed E-state index contributed by atoms with van der Waals surface area (Å²) in [6.07, 6.45) is 3.37. The molecule has 3 heterocycles. The van der Waals surface area contributed by atoms with Crippen LogP contribution in [0, 0.1) is 0 Å². The molecule has 0 saturated heterocycles. The van der Waals surface area contributed by atoms with Gasteiger partial charge in [-0.05, 0) is 23.6 Å². The fourth-order valence-corrected chi connectivity index (χ4v) is 3.80. The highest BCUT2D eigenvalue weighted by Crippen LogP contribution is 2.29. The topological polar surface area (TPSA) is 66.0 Å². The molecule has 1 aromatic carbocycles. The fourth-order valence-electron chi connectivity index (χ4n) is 2.34. The number of hydrogen-bond acceptors (Lipinski definition) is 7. The summed E-state index contributed by atoms with van der Waals surface area (Å²) in [5, 5.41) is 11.0. The number of methoxy groups -OCH3 is 1. The molecule has 0 amide bonds. The zero-order valence-electron chi connectivity index (χ0n) is 13.3. The van der Waals surface area contributed by atoms with Gasteiger partial charge in [0, 0.05) is 5.75 Å². The van der Waals surface area contributed by atoms with Crippen LogP contribution in [-0.4, -0.2) is 26.9 Å². The minimum Gasteiger partial charge on any atom is -0.495 e. The maximum atomic E-state index is 5.55. The van der Waals surface area contributed by atoms with Gasteiger partial charge in [0.2, 0.25) is 5.89 Å². The third-order valence-corrected chi connectivity index (χ3v) is 5.33. The molecule has 6 nitrogen and oxygen atoms in total. The standard InChI is InChI=1S/C17H14N4O2S2/c1-22-14-6-3-2-5-13(14)21-11-18-20-17(21)25-10-12-9-23-16(19-12)15-7-4-8-24-15/h2-9,11H,10H2,1H3. The maximum absolute atomic E-state index is 5.55. The van der Waals surface area contributed by atoms with E-state index in [0.717, 1.165) is 27.2 Å². The molecule has 25 heavy (non-hydrogen) atoms. The average Bonchev–Trinajstić information content (AvgIpc) is 3.40. The van der Waals surface area contributed by atoms with Crippen molar-refractivity contribution < 1.29 is 9.15 Å². The van der Waals surface area contributed by atoms with Crippen molar-refractivity contribution in [3.63, 3.8) is 0 Å². The lowest BCUT2D eigenvalue weighted by Gasteiger charge is -2.10. The lowest BCUT2D eigenvalue weighted by Crippen LogP contribution is -1.98. The lowest BCUT2D eigenvalue weighted by molar-refractivity contribution is 0.412. The Kier molecular flexibility index (Phi) is 4.53. The van der Waals surface area contributed by atoms with Crippen LogP contribution in [0.15, 0.2) is 63.9 Å². The second-order valence-electron chi connectivity index (χ2n) is 5.07. The molecule has 0 saturated carbocycles. The molecule has 0 radical (unpaired) electrons. The maximum Gasteiger partial charge on any atom is 0.236 e. The molecule has 0 aliphatic heterocycles. The number of rotatable bonds is 6. The minimum atomic E-state index is 0.642. The van der Waals surface area contributed by atoms with E-state index < -0.39 is 0 Å². The van der Waals surface area contributed by atoms with Crippen molar-refractivity contribution >= 4 is 23.1 Å². The number of thiophene rings is 1. The highest BCUT2D eigenvalue weighted by Gasteiger charge is 2.13. The number of para-hydroxylation sites is 2. The second kappa shape index (κ2) is 7.12. The molecule has 0 bridgehead atoms. The van der Waals surface area contributed by atoms with E-state index in [4.69, 9.17) is 9.15 Å². The van der Waals surface area contributed by atoms with Gasteiger partial charge in [0.15, 0.2) is 5.16 Å². The molecule has 4 aromatic rings.